The summed E-state index contributed by atoms with van der Waals surface area (Å²) in [4.78, 5) is 4.20. The molecule has 0 aliphatic carbocycles. The SMILES string of the molecule is CCCOc1ccccc1Oc1cc(CNC)c(Cl)cn1. The van der Waals surface area contributed by atoms with E-state index in [4.69, 9.17) is 21.1 Å². The van der Waals surface area contributed by atoms with Crippen LogP contribution in [0.1, 0.15) is 18.9 Å². The lowest BCUT2D eigenvalue weighted by Crippen LogP contribution is -2.06. The number of halogens is 1. The van der Waals surface area contributed by atoms with Crippen LogP contribution in [0.4, 0.5) is 0 Å². The molecule has 0 unspecified atom stereocenters. The van der Waals surface area contributed by atoms with Crippen LogP contribution < -0.4 is 14.8 Å². The molecule has 1 aromatic carbocycles. The van der Waals surface area contributed by atoms with Gasteiger partial charge in [0.15, 0.2) is 11.5 Å². The summed E-state index contributed by atoms with van der Waals surface area (Å²) in [5.74, 6) is 1.86. The summed E-state index contributed by atoms with van der Waals surface area (Å²) in [7, 11) is 1.87. The van der Waals surface area contributed by atoms with Crippen molar-refractivity contribution in [1.29, 1.82) is 0 Å². The highest BCUT2D eigenvalue weighted by Crippen LogP contribution is 2.31. The minimum atomic E-state index is 0.497. The zero-order valence-corrected chi connectivity index (χ0v) is 13.0. The Labute approximate surface area is 130 Å². The Balaban J connectivity index is 2.19. The van der Waals surface area contributed by atoms with Gasteiger partial charge in [-0.15, -0.1) is 0 Å². The maximum Gasteiger partial charge on any atom is 0.219 e. The van der Waals surface area contributed by atoms with E-state index in [1.165, 1.54) is 0 Å². The smallest absolute Gasteiger partial charge is 0.219 e. The Morgan fingerprint density at radius 3 is 2.71 bits per heavy atom. The molecule has 1 N–H and O–H groups in total. The van der Waals surface area contributed by atoms with E-state index in [2.05, 4.69) is 17.2 Å². The summed E-state index contributed by atoms with van der Waals surface area (Å²) in [5.41, 5.74) is 0.941. The van der Waals surface area contributed by atoms with E-state index in [0.29, 0.717) is 35.6 Å². The third kappa shape index (κ3) is 4.34. The van der Waals surface area contributed by atoms with Crippen molar-refractivity contribution in [2.24, 2.45) is 0 Å². The van der Waals surface area contributed by atoms with Crippen molar-refractivity contribution in [3.63, 3.8) is 0 Å². The fraction of sp³-hybridized carbons (Fsp3) is 0.312. The molecule has 0 saturated carbocycles. The van der Waals surface area contributed by atoms with E-state index >= 15 is 0 Å². The Bertz CT molecular complexity index is 590. The van der Waals surface area contributed by atoms with Crippen LogP contribution in [0.2, 0.25) is 5.02 Å². The molecule has 112 valence electrons. The number of rotatable bonds is 7. The van der Waals surface area contributed by atoms with Crippen LogP contribution in [0.5, 0.6) is 17.4 Å². The second-order valence-corrected chi connectivity index (χ2v) is 4.95. The van der Waals surface area contributed by atoms with Crippen molar-refractivity contribution < 1.29 is 9.47 Å². The van der Waals surface area contributed by atoms with E-state index in [9.17, 15) is 0 Å². The molecule has 5 heteroatoms. The van der Waals surface area contributed by atoms with Crippen molar-refractivity contribution >= 4 is 11.6 Å². The number of pyridine rings is 1. The van der Waals surface area contributed by atoms with Crippen LogP contribution in [0.15, 0.2) is 36.5 Å². The summed E-state index contributed by atoms with van der Waals surface area (Å²) in [6.07, 6.45) is 2.54. The quantitative estimate of drug-likeness (QED) is 0.838. The number of nitrogens with zero attached hydrogens (tertiary/aromatic N) is 1. The van der Waals surface area contributed by atoms with Gasteiger partial charge in [-0.05, 0) is 31.2 Å². The van der Waals surface area contributed by atoms with Crippen molar-refractivity contribution in [2.75, 3.05) is 13.7 Å². The molecule has 0 atom stereocenters. The first kappa shape index (κ1) is 15.6. The second kappa shape index (κ2) is 7.86. The topological polar surface area (TPSA) is 43.4 Å². The standard InChI is InChI=1S/C16H19ClN2O2/c1-3-8-20-14-6-4-5-7-15(14)21-16-9-12(10-18-2)13(17)11-19-16/h4-7,9,11,18H,3,8,10H2,1-2H3. The Hall–Kier alpha value is -1.78. The van der Waals surface area contributed by atoms with Crippen LogP contribution in [0.3, 0.4) is 0 Å². The highest BCUT2D eigenvalue weighted by atomic mass is 35.5. The molecule has 1 heterocycles. The first-order valence-electron chi connectivity index (χ1n) is 6.93. The zero-order chi connectivity index (χ0) is 15.1. The van der Waals surface area contributed by atoms with Crippen molar-refractivity contribution in [3.05, 3.63) is 47.1 Å². The van der Waals surface area contributed by atoms with Gasteiger partial charge in [0.05, 0.1) is 11.6 Å². The van der Waals surface area contributed by atoms with Crippen LogP contribution in [0, 0.1) is 0 Å². The fourth-order valence-corrected chi connectivity index (χ4v) is 1.99. The Kier molecular flexibility index (Phi) is 5.84. The van der Waals surface area contributed by atoms with Gasteiger partial charge in [-0.2, -0.15) is 0 Å². The minimum Gasteiger partial charge on any atom is -0.490 e. The highest BCUT2D eigenvalue weighted by Gasteiger charge is 2.08. The number of nitrogens with one attached hydrogen (secondary N) is 1. The van der Waals surface area contributed by atoms with E-state index < -0.39 is 0 Å². The van der Waals surface area contributed by atoms with E-state index in [0.717, 1.165) is 12.0 Å². The van der Waals surface area contributed by atoms with Gasteiger partial charge in [0.2, 0.25) is 5.88 Å². The molecular formula is C16H19ClN2O2. The first-order valence-corrected chi connectivity index (χ1v) is 7.31. The molecule has 0 radical (unpaired) electrons. The van der Waals surface area contributed by atoms with E-state index in [1.807, 2.05) is 37.4 Å². The molecule has 0 aliphatic heterocycles. The van der Waals surface area contributed by atoms with E-state index in [1.54, 1.807) is 6.20 Å². The Morgan fingerprint density at radius 2 is 2.00 bits per heavy atom. The third-order valence-electron chi connectivity index (χ3n) is 2.80. The van der Waals surface area contributed by atoms with E-state index in [-0.39, 0.29) is 0 Å². The lowest BCUT2D eigenvalue weighted by Gasteiger charge is -2.12. The highest BCUT2D eigenvalue weighted by molar-refractivity contribution is 6.31. The summed E-state index contributed by atoms with van der Waals surface area (Å²) < 4.78 is 11.5. The van der Waals surface area contributed by atoms with Gasteiger partial charge < -0.3 is 14.8 Å². The van der Waals surface area contributed by atoms with Gasteiger partial charge in [-0.1, -0.05) is 30.7 Å². The number of benzene rings is 1. The largest absolute Gasteiger partial charge is 0.490 e. The number of para-hydroxylation sites is 2. The molecule has 1 aromatic heterocycles. The van der Waals surface area contributed by atoms with Gasteiger partial charge >= 0.3 is 0 Å². The molecule has 0 saturated heterocycles. The lowest BCUT2D eigenvalue weighted by molar-refractivity contribution is 0.300. The molecule has 0 fully saturated rings. The van der Waals surface area contributed by atoms with Gasteiger partial charge in [-0.3, -0.25) is 0 Å². The van der Waals surface area contributed by atoms with Crippen LogP contribution in [-0.4, -0.2) is 18.6 Å². The van der Waals surface area contributed by atoms with Gasteiger partial charge in [0, 0.05) is 18.8 Å². The maximum atomic E-state index is 6.10. The molecule has 0 spiro atoms. The summed E-state index contributed by atoms with van der Waals surface area (Å²) in [6.45, 7) is 3.37. The second-order valence-electron chi connectivity index (χ2n) is 4.54. The summed E-state index contributed by atoms with van der Waals surface area (Å²) in [6, 6.07) is 9.39. The van der Waals surface area contributed by atoms with Crippen molar-refractivity contribution in [3.8, 4) is 17.4 Å². The number of aromatic nitrogens is 1. The monoisotopic (exact) mass is 306 g/mol. The predicted molar refractivity (Wildman–Crippen MR) is 84.3 cm³/mol. The molecule has 0 aliphatic rings. The fourth-order valence-electron chi connectivity index (χ4n) is 1.82. The third-order valence-corrected chi connectivity index (χ3v) is 3.14. The molecule has 4 nitrogen and oxygen atoms in total. The van der Waals surface area contributed by atoms with Crippen molar-refractivity contribution in [1.82, 2.24) is 10.3 Å². The molecular weight excluding hydrogens is 288 g/mol. The Morgan fingerprint density at radius 1 is 1.24 bits per heavy atom. The molecule has 21 heavy (non-hydrogen) atoms. The van der Waals surface area contributed by atoms with Gasteiger partial charge in [0.25, 0.3) is 0 Å². The average molecular weight is 307 g/mol. The summed E-state index contributed by atoms with van der Waals surface area (Å²) in [5, 5.41) is 3.68. The number of hydrogen-bond acceptors (Lipinski definition) is 4. The van der Waals surface area contributed by atoms with Crippen LogP contribution in [0.25, 0.3) is 0 Å². The first-order chi connectivity index (χ1) is 10.2. The molecule has 2 aromatic rings. The normalized spacial score (nSPS) is 10.4. The number of hydrogen-bond donors (Lipinski definition) is 1. The maximum absolute atomic E-state index is 6.10. The van der Waals surface area contributed by atoms with Gasteiger partial charge in [0.1, 0.15) is 0 Å². The van der Waals surface area contributed by atoms with Gasteiger partial charge in [-0.25, -0.2) is 4.98 Å². The van der Waals surface area contributed by atoms with Crippen LogP contribution >= 0.6 is 11.6 Å². The predicted octanol–water partition coefficient (Wildman–Crippen LogP) is 4.04. The van der Waals surface area contributed by atoms with Crippen molar-refractivity contribution in [2.45, 2.75) is 19.9 Å². The zero-order valence-electron chi connectivity index (χ0n) is 12.2. The molecule has 2 rings (SSSR count). The molecule has 0 amide bonds. The number of ether oxygens (including phenoxy) is 2. The lowest BCUT2D eigenvalue weighted by atomic mass is 10.2. The molecule has 0 bridgehead atoms. The summed E-state index contributed by atoms with van der Waals surface area (Å²) >= 11 is 6.10. The minimum absolute atomic E-state index is 0.497. The van der Waals surface area contributed by atoms with Crippen LogP contribution in [-0.2, 0) is 6.54 Å². The average Bonchev–Trinajstić information content (AvgIpc) is 2.50.